The fourth-order valence-corrected chi connectivity index (χ4v) is 10.3. The molecule has 2 aromatic carbocycles. The van der Waals surface area contributed by atoms with Crippen LogP contribution in [-0.4, -0.2) is 109 Å². The van der Waals surface area contributed by atoms with Crippen LogP contribution in [0.3, 0.4) is 0 Å². The van der Waals surface area contributed by atoms with E-state index in [1.165, 1.54) is 12.0 Å². The normalized spacial score (nSPS) is 26.9. The van der Waals surface area contributed by atoms with E-state index < -0.39 is 92.6 Å². The minimum Gasteiger partial charge on any atom is -0.497 e. The number of pyridine rings is 1. The number of rotatable bonds is 12. The molecule has 3 fully saturated rings. The Labute approximate surface area is 393 Å². The van der Waals surface area contributed by atoms with Gasteiger partial charge in [0.05, 0.1) is 31.0 Å². The standard InChI is InChI=1S/C48H59F4N5O10S/c1-27(2)65-32-14-12-30(13-15-32)36-23-39(35-17-16-33(64-7)21-37(35)53-36)66-34-22-38-41(58)55-47(43(60)56-68(62,63)46(26-49)18-19-46)24-31(47)11-9-8-10-28(3)20-29(4)40(42(59)57(38)25-34)54-44(61)67-45(5,6)48(50,51)52/h9,11-17,21,23,27-29,31,34,38,40H,8,10,18-20,22,24-26H2,1-7H3,(H,54,61)(H,55,58)(H,56,60)/b11-9-/t28-,29-,31-,34-,38?,40+,47-/m1/s1. The predicted molar refractivity (Wildman–Crippen MR) is 243 cm³/mol. The number of aromatic nitrogens is 1. The minimum absolute atomic E-state index is 0.00275. The first-order valence-electron chi connectivity index (χ1n) is 22.8. The molecule has 0 spiro atoms. The van der Waals surface area contributed by atoms with Gasteiger partial charge >= 0.3 is 12.3 Å². The molecular weight excluding hydrogens is 915 g/mol. The zero-order valence-electron chi connectivity index (χ0n) is 39.1. The molecule has 1 unspecified atom stereocenters. The van der Waals surface area contributed by atoms with E-state index in [1.807, 2.05) is 43.7 Å². The van der Waals surface area contributed by atoms with Crippen molar-refractivity contribution < 1.29 is 64.1 Å². The molecule has 68 heavy (non-hydrogen) atoms. The van der Waals surface area contributed by atoms with E-state index in [0.717, 1.165) is 0 Å². The predicted octanol–water partition coefficient (Wildman–Crippen LogP) is 7.32. The van der Waals surface area contributed by atoms with Crippen LogP contribution in [0.4, 0.5) is 22.4 Å². The van der Waals surface area contributed by atoms with Crippen LogP contribution in [0.25, 0.3) is 22.2 Å². The van der Waals surface area contributed by atoms with Crippen LogP contribution in [0, 0.1) is 17.8 Å². The molecule has 3 N–H and O–H groups in total. The number of hydrogen-bond donors (Lipinski definition) is 3. The Bertz CT molecular complexity index is 2550. The van der Waals surface area contributed by atoms with Gasteiger partial charge in [-0.05, 0) is 114 Å². The highest BCUT2D eigenvalue weighted by atomic mass is 32.2. The fourth-order valence-electron chi connectivity index (χ4n) is 8.90. The summed E-state index contributed by atoms with van der Waals surface area (Å²) in [6.45, 7) is 7.29. The van der Waals surface area contributed by atoms with Gasteiger partial charge in [-0.3, -0.25) is 19.1 Å². The SMILES string of the molecule is COc1ccc2c(O[C@@H]3CC4C(=O)N[C@]5(C(=O)NS(=O)(=O)C6(CF)CC6)C[C@H]5/C=C\CC[C@@H](C)C[C@@H](C)[C@H](NC(=O)OC(C)(C)C(F)(F)F)C(=O)N4C3)cc(-c3ccc(OC(C)C)cc3)nc2c1. The third-order valence-corrected chi connectivity index (χ3v) is 15.5. The van der Waals surface area contributed by atoms with Crippen molar-refractivity contribution in [2.24, 2.45) is 17.8 Å². The molecule has 370 valence electrons. The van der Waals surface area contributed by atoms with Crippen LogP contribution in [0.5, 0.6) is 17.2 Å². The summed E-state index contributed by atoms with van der Waals surface area (Å²) < 4.78 is 105. The monoisotopic (exact) mass is 973 g/mol. The van der Waals surface area contributed by atoms with Gasteiger partial charge in [0.1, 0.15) is 52.4 Å². The largest absolute Gasteiger partial charge is 0.497 e. The molecule has 0 bridgehead atoms. The molecule has 3 aromatic rings. The lowest BCUT2D eigenvalue weighted by molar-refractivity contribution is -0.244. The second-order valence-corrected chi connectivity index (χ2v) is 21.5. The summed E-state index contributed by atoms with van der Waals surface area (Å²) in [5, 5.41) is 5.70. The molecule has 4 amide bonds. The molecular formula is C48H59F4N5O10S. The lowest BCUT2D eigenvalue weighted by Gasteiger charge is -2.34. The molecule has 2 aliphatic heterocycles. The number of ether oxygens (including phenoxy) is 4. The van der Waals surface area contributed by atoms with Crippen LogP contribution in [0.2, 0.25) is 0 Å². The molecule has 7 atom stereocenters. The zero-order valence-corrected chi connectivity index (χ0v) is 39.9. The first kappa shape index (κ1) is 50.2. The number of sulfonamides is 1. The number of alkyl carbamates (subject to hydrolysis) is 1. The van der Waals surface area contributed by atoms with Gasteiger partial charge in [-0.15, -0.1) is 0 Å². The maximum atomic E-state index is 15.0. The summed E-state index contributed by atoms with van der Waals surface area (Å²) in [5.74, 6) is -2.71. The van der Waals surface area contributed by atoms with Crippen molar-refractivity contribution in [3.05, 3.63) is 60.7 Å². The number of fused-ring (bicyclic) bond motifs is 3. The molecule has 1 aromatic heterocycles. The number of allylic oxidation sites excluding steroid dienone is 1. The molecule has 0 radical (unpaired) electrons. The maximum Gasteiger partial charge on any atom is 0.427 e. The average molecular weight is 974 g/mol. The van der Waals surface area contributed by atoms with Crippen LogP contribution in [0.1, 0.15) is 86.5 Å². The lowest BCUT2D eigenvalue weighted by atomic mass is 9.88. The van der Waals surface area contributed by atoms with Gasteiger partial charge in [0.25, 0.3) is 5.91 Å². The van der Waals surface area contributed by atoms with Crippen molar-refractivity contribution in [3.63, 3.8) is 0 Å². The Hall–Kier alpha value is -5.66. The van der Waals surface area contributed by atoms with E-state index in [4.69, 9.17) is 23.9 Å². The summed E-state index contributed by atoms with van der Waals surface area (Å²) in [6.07, 6.45) is -2.71. The van der Waals surface area contributed by atoms with Gasteiger partial charge in [-0.25, -0.2) is 22.6 Å². The smallest absolute Gasteiger partial charge is 0.427 e. The molecule has 2 saturated carbocycles. The molecule has 3 heterocycles. The number of alkyl halides is 4. The number of nitrogens with one attached hydrogen (secondary N) is 3. The quantitative estimate of drug-likeness (QED) is 0.122. The summed E-state index contributed by atoms with van der Waals surface area (Å²) in [7, 11) is -2.98. The van der Waals surface area contributed by atoms with Crippen molar-refractivity contribution in [3.8, 4) is 28.5 Å². The number of nitrogens with zero attached hydrogens (tertiary/aromatic N) is 2. The first-order valence-corrected chi connectivity index (χ1v) is 24.3. The third-order valence-electron chi connectivity index (χ3n) is 13.4. The second kappa shape index (κ2) is 19.0. The van der Waals surface area contributed by atoms with E-state index in [2.05, 4.69) is 10.6 Å². The Kier molecular flexibility index (Phi) is 14.1. The third kappa shape index (κ3) is 10.5. The number of amides is 4. The van der Waals surface area contributed by atoms with Crippen molar-refractivity contribution >= 4 is 44.7 Å². The number of halogens is 4. The van der Waals surface area contributed by atoms with Crippen molar-refractivity contribution in [1.29, 1.82) is 0 Å². The first-order chi connectivity index (χ1) is 31.9. The number of benzene rings is 2. The highest BCUT2D eigenvalue weighted by molar-refractivity contribution is 7.91. The van der Waals surface area contributed by atoms with Crippen LogP contribution >= 0.6 is 0 Å². The lowest BCUT2D eigenvalue weighted by Crippen LogP contribution is -2.60. The second-order valence-electron chi connectivity index (χ2n) is 19.4. The van der Waals surface area contributed by atoms with Crippen molar-refractivity contribution in [2.75, 3.05) is 20.3 Å². The number of hydrogen-bond acceptors (Lipinski definition) is 11. The average Bonchev–Trinajstić information content (AvgIpc) is 4.17. The Morgan fingerprint density at radius 3 is 2.34 bits per heavy atom. The molecule has 2 aliphatic carbocycles. The van der Waals surface area contributed by atoms with E-state index in [-0.39, 0.29) is 44.2 Å². The van der Waals surface area contributed by atoms with Gasteiger partial charge < -0.3 is 34.5 Å². The highest BCUT2D eigenvalue weighted by Crippen LogP contribution is 2.48. The van der Waals surface area contributed by atoms with Crippen molar-refractivity contribution in [2.45, 2.75) is 133 Å². The Morgan fingerprint density at radius 1 is 1.01 bits per heavy atom. The minimum atomic E-state index is -4.95. The van der Waals surface area contributed by atoms with Gasteiger partial charge in [0, 0.05) is 35.4 Å². The summed E-state index contributed by atoms with van der Waals surface area (Å²) >= 11 is 0. The van der Waals surface area contributed by atoms with Gasteiger partial charge in [0.2, 0.25) is 27.4 Å². The zero-order chi connectivity index (χ0) is 49.6. The Morgan fingerprint density at radius 2 is 1.71 bits per heavy atom. The molecule has 4 aliphatic rings. The molecule has 20 heteroatoms. The fraction of sp³-hybridized carbons (Fsp3) is 0.562. The van der Waals surface area contributed by atoms with Gasteiger partial charge in [-0.2, -0.15) is 13.2 Å². The Balaban J connectivity index is 1.26. The summed E-state index contributed by atoms with van der Waals surface area (Å²) in [4.78, 5) is 63.3. The number of methoxy groups -OCH3 is 1. The van der Waals surface area contributed by atoms with Crippen molar-refractivity contribution in [1.82, 2.24) is 25.2 Å². The van der Waals surface area contributed by atoms with E-state index in [9.17, 15) is 40.4 Å². The highest BCUT2D eigenvalue weighted by Gasteiger charge is 2.64. The maximum absolute atomic E-state index is 15.0. The van der Waals surface area contributed by atoms with E-state index in [0.29, 0.717) is 72.5 Å². The number of carbonyl (C=O) groups excluding carboxylic acids is 4. The van der Waals surface area contributed by atoms with Gasteiger partial charge in [0.15, 0.2) is 0 Å². The van der Waals surface area contributed by atoms with E-state index in [1.54, 1.807) is 49.4 Å². The molecule has 15 nitrogen and oxygen atoms in total. The van der Waals surface area contributed by atoms with E-state index >= 15 is 4.79 Å². The molecule has 1 saturated heterocycles. The van der Waals surface area contributed by atoms with Gasteiger partial charge in [-0.1, -0.05) is 26.0 Å². The number of carbonyl (C=O) groups is 4. The van der Waals surface area contributed by atoms with Crippen LogP contribution in [-0.2, 0) is 29.1 Å². The summed E-state index contributed by atoms with van der Waals surface area (Å²) in [5.41, 5.74) is -3.02. The topological polar surface area (TPSA) is 192 Å². The summed E-state index contributed by atoms with van der Waals surface area (Å²) in [6, 6.07) is 11.3. The molecule has 7 rings (SSSR count). The van der Waals surface area contributed by atoms with Crippen LogP contribution < -0.4 is 29.6 Å². The van der Waals surface area contributed by atoms with Crippen LogP contribution in [0.15, 0.2) is 60.7 Å².